The number of hydrogen-bond donors (Lipinski definition) is 1. The van der Waals surface area contributed by atoms with Gasteiger partial charge in [-0.05, 0) is 44.6 Å². The van der Waals surface area contributed by atoms with Gasteiger partial charge in [0.05, 0.1) is 25.4 Å². The summed E-state index contributed by atoms with van der Waals surface area (Å²) in [5.74, 6) is 5.85. The summed E-state index contributed by atoms with van der Waals surface area (Å²) in [6.45, 7) is 6.71. The summed E-state index contributed by atoms with van der Waals surface area (Å²) in [5.41, 5.74) is 6.77. The number of aryl methyl sites for hydroxylation is 1. The highest BCUT2D eigenvalue weighted by Crippen LogP contribution is 2.24. The lowest BCUT2D eigenvalue weighted by Crippen LogP contribution is -2.44. The van der Waals surface area contributed by atoms with Crippen molar-refractivity contribution in [3.63, 3.8) is 0 Å². The van der Waals surface area contributed by atoms with Crippen LogP contribution in [0, 0.1) is 18.8 Å². The van der Waals surface area contributed by atoms with E-state index in [4.69, 9.17) is 15.5 Å². The summed E-state index contributed by atoms with van der Waals surface area (Å²) in [7, 11) is 0. The SMILES string of the molecule is CC#CCn1c(N2CCCC(N)C2)nc2c1c(=O)n(Cc1nc(C)cc3ccccc13)c(=O)n2CC(=O)OCCC. The van der Waals surface area contributed by atoms with Crippen LogP contribution in [0.15, 0.2) is 39.9 Å². The van der Waals surface area contributed by atoms with Crippen molar-refractivity contribution < 1.29 is 9.53 Å². The number of carbonyl (C=O) groups is 1. The monoisotopic (exact) mass is 557 g/mol. The Balaban J connectivity index is 1.76. The number of piperidine rings is 1. The van der Waals surface area contributed by atoms with Gasteiger partial charge in [0, 0.05) is 30.2 Å². The maximum atomic E-state index is 14.2. The summed E-state index contributed by atoms with van der Waals surface area (Å²) < 4.78 is 9.41. The van der Waals surface area contributed by atoms with E-state index in [-0.39, 0.29) is 43.4 Å². The van der Waals surface area contributed by atoms with Gasteiger partial charge in [-0.3, -0.25) is 28.3 Å². The molecule has 0 amide bonds. The first-order valence-electron chi connectivity index (χ1n) is 14.0. The molecule has 1 aliphatic rings. The van der Waals surface area contributed by atoms with Crippen molar-refractivity contribution in [3.8, 4) is 11.8 Å². The smallest absolute Gasteiger partial charge is 0.333 e. The molecule has 1 aliphatic heterocycles. The van der Waals surface area contributed by atoms with Crippen molar-refractivity contribution in [2.24, 2.45) is 5.73 Å². The minimum atomic E-state index is -0.656. The number of carbonyl (C=O) groups excluding carboxylic acids is 1. The van der Waals surface area contributed by atoms with Gasteiger partial charge in [0.1, 0.15) is 6.54 Å². The molecular weight excluding hydrogens is 522 g/mol. The van der Waals surface area contributed by atoms with Crippen molar-refractivity contribution in [1.82, 2.24) is 23.7 Å². The maximum Gasteiger partial charge on any atom is 0.333 e. The van der Waals surface area contributed by atoms with Crippen LogP contribution < -0.4 is 21.9 Å². The summed E-state index contributed by atoms with van der Waals surface area (Å²) >= 11 is 0. The van der Waals surface area contributed by atoms with Gasteiger partial charge in [0.25, 0.3) is 5.56 Å². The summed E-state index contributed by atoms with van der Waals surface area (Å²) in [6.07, 6.45) is 2.41. The van der Waals surface area contributed by atoms with Gasteiger partial charge in [-0.1, -0.05) is 37.1 Å². The average Bonchev–Trinajstić information content (AvgIpc) is 3.34. The first-order valence-corrected chi connectivity index (χ1v) is 14.0. The fourth-order valence-electron chi connectivity index (χ4n) is 5.38. The van der Waals surface area contributed by atoms with Crippen molar-refractivity contribution in [3.05, 3.63) is 62.6 Å². The molecule has 1 aromatic carbocycles. The molecule has 4 aromatic rings. The molecule has 1 saturated heterocycles. The summed E-state index contributed by atoms with van der Waals surface area (Å²) in [4.78, 5) is 52.4. The predicted molar refractivity (Wildman–Crippen MR) is 158 cm³/mol. The van der Waals surface area contributed by atoms with Gasteiger partial charge in [0.15, 0.2) is 11.2 Å². The summed E-state index contributed by atoms with van der Waals surface area (Å²) in [6, 6.07) is 9.62. The molecule has 0 saturated carbocycles. The van der Waals surface area contributed by atoms with E-state index in [2.05, 4.69) is 16.8 Å². The Morgan fingerprint density at radius 3 is 2.73 bits per heavy atom. The number of fused-ring (bicyclic) bond motifs is 2. The second-order valence-electron chi connectivity index (χ2n) is 10.4. The van der Waals surface area contributed by atoms with Crippen LogP contribution in [-0.2, 0) is 29.2 Å². The third-order valence-electron chi connectivity index (χ3n) is 7.26. The highest BCUT2D eigenvalue weighted by Gasteiger charge is 2.28. The molecule has 5 rings (SSSR count). The molecule has 41 heavy (non-hydrogen) atoms. The zero-order chi connectivity index (χ0) is 29.1. The van der Waals surface area contributed by atoms with E-state index in [1.807, 2.05) is 49.1 Å². The Morgan fingerprint density at radius 2 is 1.98 bits per heavy atom. The first-order chi connectivity index (χ1) is 19.8. The molecule has 0 radical (unpaired) electrons. The lowest BCUT2D eigenvalue weighted by atomic mass is 10.1. The Kier molecular flexibility index (Phi) is 8.21. The number of anilines is 1. The Labute approximate surface area is 237 Å². The Bertz CT molecular complexity index is 1790. The number of imidazole rings is 1. The normalized spacial score (nSPS) is 15.2. The number of pyridine rings is 1. The van der Waals surface area contributed by atoms with Crippen LogP contribution in [0.1, 0.15) is 44.5 Å². The second kappa shape index (κ2) is 12.0. The van der Waals surface area contributed by atoms with E-state index in [1.165, 1.54) is 4.57 Å². The number of rotatable bonds is 8. The quantitative estimate of drug-likeness (QED) is 0.258. The van der Waals surface area contributed by atoms with Crippen molar-refractivity contribution >= 4 is 33.9 Å². The molecule has 11 heteroatoms. The van der Waals surface area contributed by atoms with E-state index >= 15 is 0 Å². The largest absolute Gasteiger partial charge is 0.464 e. The van der Waals surface area contributed by atoms with E-state index in [0.717, 1.165) is 33.9 Å². The van der Waals surface area contributed by atoms with Crippen LogP contribution >= 0.6 is 0 Å². The number of aromatic nitrogens is 5. The van der Waals surface area contributed by atoms with Crippen LogP contribution in [0.2, 0.25) is 0 Å². The zero-order valence-corrected chi connectivity index (χ0v) is 23.7. The number of esters is 1. The third-order valence-corrected chi connectivity index (χ3v) is 7.26. The maximum absolute atomic E-state index is 14.2. The number of benzene rings is 1. The molecule has 11 nitrogen and oxygen atoms in total. The number of nitrogens with two attached hydrogens (primary N) is 1. The van der Waals surface area contributed by atoms with E-state index in [0.29, 0.717) is 31.2 Å². The van der Waals surface area contributed by atoms with E-state index < -0.39 is 17.2 Å². The molecule has 0 spiro atoms. The van der Waals surface area contributed by atoms with Gasteiger partial charge in [-0.15, -0.1) is 5.92 Å². The topological polar surface area (TPSA) is 130 Å². The van der Waals surface area contributed by atoms with Gasteiger partial charge < -0.3 is 15.4 Å². The molecule has 4 heterocycles. The fraction of sp³-hybridized carbons (Fsp3) is 0.433. The van der Waals surface area contributed by atoms with Crippen LogP contribution in [0.4, 0.5) is 5.95 Å². The minimum Gasteiger partial charge on any atom is -0.464 e. The van der Waals surface area contributed by atoms with Crippen LogP contribution in [-0.4, -0.2) is 55.4 Å². The summed E-state index contributed by atoms with van der Waals surface area (Å²) in [5, 5.41) is 1.80. The van der Waals surface area contributed by atoms with Crippen molar-refractivity contribution in [2.45, 2.75) is 65.7 Å². The molecule has 2 N–H and O–H groups in total. The molecule has 1 atom stereocenters. The zero-order valence-electron chi connectivity index (χ0n) is 23.7. The number of ether oxygens (including phenoxy) is 1. The molecular formula is C30H35N7O4. The Morgan fingerprint density at radius 1 is 1.17 bits per heavy atom. The fourth-order valence-corrected chi connectivity index (χ4v) is 5.38. The molecule has 0 bridgehead atoms. The third kappa shape index (κ3) is 5.60. The number of nitrogens with zero attached hydrogens (tertiary/aromatic N) is 6. The number of hydrogen-bond acceptors (Lipinski definition) is 8. The van der Waals surface area contributed by atoms with Crippen molar-refractivity contribution in [1.29, 1.82) is 0 Å². The highest BCUT2D eigenvalue weighted by molar-refractivity contribution is 5.85. The molecule has 0 aliphatic carbocycles. The van der Waals surface area contributed by atoms with Gasteiger partial charge >= 0.3 is 11.7 Å². The second-order valence-corrected chi connectivity index (χ2v) is 10.4. The average molecular weight is 558 g/mol. The van der Waals surface area contributed by atoms with Gasteiger partial charge in [0.2, 0.25) is 5.95 Å². The van der Waals surface area contributed by atoms with Crippen LogP contribution in [0.5, 0.6) is 0 Å². The Hall–Kier alpha value is -4.43. The van der Waals surface area contributed by atoms with E-state index in [9.17, 15) is 14.4 Å². The standard InChI is InChI=1S/C30H35N7O4/c1-4-6-14-35-26-27(33-29(35)34-13-9-11-22(31)17-34)36(19-25(38)41-15-5-2)30(40)37(28(26)39)18-24-23-12-8-7-10-21(23)16-20(3)32-24/h7-8,10,12,16,22H,5,9,11,13-15,17-19,31H2,1-3H3. The van der Waals surface area contributed by atoms with Crippen molar-refractivity contribution in [2.75, 3.05) is 24.6 Å². The molecule has 3 aromatic heterocycles. The lowest BCUT2D eigenvalue weighted by Gasteiger charge is -2.31. The molecule has 214 valence electrons. The highest BCUT2D eigenvalue weighted by atomic mass is 16.5. The first kappa shape index (κ1) is 28.1. The molecule has 1 unspecified atom stereocenters. The van der Waals surface area contributed by atoms with Crippen LogP contribution in [0.3, 0.4) is 0 Å². The van der Waals surface area contributed by atoms with Gasteiger partial charge in [-0.25, -0.2) is 4.79 Å². The predicted octanol–water partition coefficient (Wildman–Crippen LogP) is 2.17. The minimum absolute atomic E-state index is 0.0437. The van der Waals surface area contributed by atoms with Crippen LogP contribution in [0.25, 0.3) is 21.9 Å². The van der Waals surface area contributed by atoms with Gasteiger partial charge in [-0.2, -0.15) is 4.98 Å². The van der Waals surface area contributed by atoms with E-state index in [1.54, 1.807) is 11.5 Å². The molecule has 1 fully saturated rings. The lowest BCUT2D eigenvalue weighted by molar-refractivity contribution is -0.144.